The molecule has 3 rings (SSSR count). The maximum atomic E-state index is 12.1. The van der Waals surface area contributed by atoms with E-state index in [1.54, 1.807) is 0 Å². The Morgan fingerprint density at radius 1 is 0.600 bits per heavy atom. The van der Waals surface area contributed by atoms with Gasteiger partial charge in [-0.3, -0.25) is 0 Å². The topological polar surface area (TPSA) is 74.6 Å². The number of hydrogen-bond donors (Lipinski definition) is 2. The molecule has 4 bridgehead atoms. The standard InChI is InChI=1S/C26H32O4/c1-25(2,3)19-11-15-7-9-17-13-20(26(4,5)6)14-18(22(17)24(29)30)10-8-16(12-19)21(15)23(27)28/h11-14H,7-10H2,1-6H3,(H,27,28)(H,29,30). The number of fused-ring (bicyclic) bond motifs is 4. The average Bonchev–Trinajstić information content (AvgIpc) is 2.60. The van der Waals surface area contributed by atoms with Gasteiger partial charge in [0, 0.05) is 0 Å². The summed E-state index contributed by atoms with van der Waals surface area (Å²) in [5, 5.41) is 19.9. The van der Waals surface area contributed by atoms with Crippen LogP contribution in [-0.4, -0.2) is 22.2 Å². The van der Waals surface area contributed by atoms with E-state index in [-0.39, 0.29) is 10.8 Å². The van der Waals surface area contributed by atoms with Gasteiger partial charge < -0.3 is 10.2 Å². The molecule has 0 aliphatic heterocycles. The van der Waals surface area contributed by atoms with E-state index in [0.717, 1.165) is 33.4 Å². The van der Waals surface area contributed by atoms with Crippen molar-refractivity contribution in [3.05, 3.63) is 68.8 Å². The summed E-state index contributed by atoms with van der Waals surface area (Å²) in [4.78, 5) is 24.3. The second kappa shape index (κ2) is 7.57. The number of aromatic carboxylic acids is 2. The molecule has 4 nitrogen and oxygen atoms in total. The van der Waals surface area contributed by atoms with Gasteiger partial charge in [-0.15, -0.1) is 0 Å². The van der Waals surface area contributed by atoms with Crippen LogP contribution in [0.2, 0.25) is 0 Å². The molecular formula is C26H32O4. The highest BCUT2D eigenvalue weighted by Gasteiger charge is 2.26. The third kappa shape index (κ3) is 4.28. The summed E-state index contributed by atoms with van der Waals surface area (Å²) in [7, 11) is 0. The molecule has 2 aromatic rings. The van der Waals surface area contributed by atoms with Gasteiger partial charge in [-0.25, -0.2) is 9.59 Å². The molecule has 2 aromatic carbocycles. The second-order valence-corrected chi connectivity index (χ2v) is 10.4. The van der Waals surface area contributed by atoms with Crippen LogP contribution < -0.4 is 0 Å². The summed E-state index contributed by atoms with van der Waals surface area (Å²) in [6, 6.07) is 8.01. The summed E-state index contributed by atoms with van der Waals surface area (Å²) >= 11 is 0. The molecule has 0 radical (unpaired) electrons. The van der Waals surface area contributed by atoms with Crippen molar-refractivity contribution >= 4 is 11.9 Å². The van der Waals surface area contributed by atoms with E-state index in [0.29, 0.717) is 36.8 Å². The van der Waals surface area contributed by atoms with E-state index in [1.807, 2.05) is 24.3 Å². The molecule has 4 heteroatoms. The molecular weight excluding hydrogens is 376 g/mol. The highest BCUT2D eigenvalue weighted by molar-refractivity contribution is 5.93. The Hall–Kier alpha value is -2.62. The first kappa shape index (κ1) is 22.1. The van der Waals surface area contributed by atoms with Crippen LogP contribution in [0.5, 0.6) is 0 Å². The number of hydrogen-bond acceptors (Lipinski definition) is 2. The molecule has 0 spiro atoms. The SMILES string of the molecule is CC(C)(C)c1cc2c(C(=O)O)c(c1)CCc1cc(C(C)(C)C)cc(c1C(=O)O)CC2. The van der Waals surface area contributed by atoms with Gasteiger partial charge in [0.2, 0.25) is 0 Å². The van der Waals surface area contributed by atoms with Crippen molar-refractivity contribution in [1.29, 1.82) is 0 Å². The van der Waals surface area contributed by atoms with E-state index >= 15 is 0 Å². The number of carboxylic acids is 2. The fourth-order valence-corrected chi connectivity index (χ4v) is 4.28. The van der Waals surface area contributed by atoms with Crippen LogP contribution in [0.25, 0.3) is 0 Å². The van der Waals surface area contributed by atoms with Crippen LogP contribution in [0, 0.1) is 0 Å². The van der Waals surface area contributed by atoms with E-state index in [9.17, 15) is 19.8 Å². The molecule has 0 aromatic heterocycles. The first-order valence-electron chi connectivity index (χ1n) is 10.6. The Kier molecular flexibility index (Phi) is 5.57. The van der Waals surface area contributed by atoms with Gasteiger partial charge in [0.05, 0.1) is 11.1 Å². The minimum atomic E-state index is -0.904. The van der Waals surface area contributed by atoms with Gasteiger partial charge in [0.1, 0.15) is 0 Å². The fraction of sp³-hybridized carbons (Fsp3) is 0.462. The minimum absolute atomic E-state index is 0.0927. The zero-order chi connectivity index (χ0) is 22.4. The number of benzene rings is 2. The van der Waals surface area contributed by atoms with Crippen molar-refractivity contribution in [3.63, 3.8) is 0 Å². The summed E-state index contributed by atoms with van der Waals surface area (Å²) < 4.78 is 0. The number of carboxylic acid groups (broad SMARTS) is 2. The van der Waals surface area contributed by atoms with Crippen LogP contribution in [0.4, 0.5) is 0 Å². The van der Waals surface area contributed by atoms with Gasteiger partial charge in [-0.1, -0.05) is 65.8 Å². The molecule has 30 heavy (non-hydrogen) atoms. The van der Waals surface area contributed by atoms with E-state index in [1.165, 1.54) is 0 Å². The van der Waals surface area contributed by atoms with Gasteiger partial charge in [-0.2, -0.15) is 0 Å². The zero-order valence-corrected chi connectivity index (χ0v) is 18.8. The molecule has 1 aliphatic rings. The lowest BCUT2D eigenvalue weighted by molar-refractivity contribution is 0.0681. The van der Waals surface area contributed by atoms with Gasteiger partial charge >= 0.3 is 11.9 Å². The summed E-state index contributed by atoms with van der Waals surface area (Å²) in [5.41, 5.74) is 6.02. The monoisotopic (exact) mass is 408 g/mol. The van der Waals surface area contributed by atoms with Crippen LogP contribution >= 0.6 is 0 Å². The minimum Gasteiger partial charge on any atom is -0.478 e. The molecule has 0 saturated carbocycles. The lowest BCUT2D eigenvalue weighted by Gasteiger charge is -2.26. The van der Waals surface area contributed by atoms with E-state index < -0.39 is 11.9 Å². The first-order chi connectivity index (χ1) is 13.8. The van der Waals surface area contributed by atoms with Gasteiger partial charge in [0.25, 0.3) is 0 Å². The Morgan fingerprint density at radius 3 is 1.00 bits per heavy atom. The Morgan fingerprint density at radius 2 is 0.833 bits per heavy atom. The summed E-state index contributed by atoms with van der Waals surface area (Å²) in [6.07, 6.45) is 2.02. The number of carbonyl (C=O) groups is 2. The van der Waals surface area contributed by atoms with Gasteiger partial charge in [0.15, 0.2) is 0 Å². The Bertz CT molecular complexity index is 883. The largest absolute Gasteiger partial charge is 0.478 e. The zero-order valence-electron chi connectivity index (χ0n) is 18.8. The smallest absolute Gasteiger partial charge is 0.336 e. The molecule has 2 N–H and O–H groups in total. The highest BCUT2D eigenvalue weighted by Crippen LogP contribution is 2.33. The third-order valence-corrected chi connectivity index (χ3v) is 6.09. The predicted molar refractivity (Wildman–Crippen MR) is 119 cm³/mol. The first-order valence-corrected chi connectivity index (χ1v) is 10.6. The van der Waals surface area contributed by atoms with Crippen molar-refractivity contribution in [3.8, 4) is 0 Å². The Labute approximate surface area is 179 Å². The van der Waals surface area contributed by atoms with E-state index in [4.69, 9.17) is 0 Å². The van der Waals surface area contributed by atoms with Crippen molar-refractivity contribution in [2.45, 2.75) is 78.1 Å². The lowest BCUT2D eigenvalue weighted by Crippen LogP contribution is -2.20. The van der Waals surface area contributed by atoms with Crippen LogP contribution in [0.3, 0.4) is 0 Å². The van der Waals surface area contributed by atoms with Crippen LogP contribution in [0.15, 0.2) is 24.3 Å². The molecule has 0 saturated heterocycles. The number of rotatable bonds is 2. The van der Waals surface area contributed by atoms with Crippen molar-refractivity contribution < 1.29 is 19.8 Å². The molecule has 160 valence electrons. The van der Waals surface area contributed by atoms with Crippen molar-refractivity contribution in [2.75, 3.05) is 0 Å². The maximum absolute atomic E-state index is 12.1. The summed E-state index contributed by atoms with van der Waals surface area (Å²) in [5.74, 6) is -1.81. The molecule has 0 fully saturated rings. The van der Waals surface area contributed by atoms with Gasteiger partial charge in [-0.05, 0) is 69.9 Å². The molecule has 1 aliphatic carbocycles. The number of aryl methyl sites for hydroxylation is 4. The average molecular weight is 409 g/mol. The molecule has 0 atom stereocenters. The van der Waals surface area contributed by atoms with Crippen molar-refractivity contribution in [1.82, 2.24) is 0 Å². The highest BCUT2D eigenvalue weighted by atomic mass is 16.4. The van der Waals surface area contributed by atoms with Crippen molar-refractivity contribution in [2.24, 2.45) is 0 Å². The second-order valence-electron chi connectivity index (χ2n) is 10.4. The lowest BCUT2D eigenvalue weighted by atomic mass is 9.78. The quantitative estimate of drug-likeness (QED) is 0.682. The molecule has 0 heterocycles. The van der Waals surface area contributed by atoms with E-state index in [2.05, 4.69) is 41.5 Å². The molecule has 0 unspecified atom stereocenters. The normalized spacial score (nSPS) is 14.3. The van der Waals surface area contributed by atoms with Crippen LogP contribution in [-0.2, 0) is 36.5 Å². The fourth-order valence-electron chi connectivity index (χ4n) is 4.28. The molecule has 0 amide bonds. The predicted octanol–water partition coefficient (Wildman–Crippen LogP) is 5.56. The van der Waals surface area contributed by atoms with Crippen LogP contribution in [0.1, 0.15) is 95.6 Å². The maximum Gasteiger partial charge on any atom is 0.336 e. The Balaban J connectivity index is 2.24. The third-order valence-electron chi connectivity index (χ3n) is 6.09. The summed E-state index contributed by atoms with van der Waals surface area (Å²) in [6.45, 7) is 12.8.